The molecule has 1 aromatic rings. The van der Waals surface area contributed by atoms with Crippen molar-refractivity contribution >= 4 is 6.29 Å². The summed E-state index contributed by atoms with van der Waals surface area (Å²) in [6, 6.07) is 9.03. The number of rotatable bonds is 12. The van der Waals surface area contributed by atoms with Crippen LogP contribution in [0.2, 0.25) is 0 Å². The SMILES string of the molecule is CCC#CCCCCCC[C@H](C=O)C[C@H](O[N+](=O)[O-])c1ccccc1. The van der Waals surface area contributed by atoms with Gasteiger partial charge in [-0.15, -0.1) is 22.0 Å². The fraction of sp³-hybridized carbons (Fsp3) is 0.550. The molecule has 0 aliphatic rings. The molecule has 5 heteroatoms. The Morgan fingerprint density at radius 1 is 1.16 bits per heavy atom. The maximum Gasteiger partial charge on any atom is 0.295 e. The molecular weight excluding hydrogens is 318 g/mol. The van der Waals surface area contributed by atoms with Crippen LogP contribution < -0.4 is 0 Å². The van der Waals surface area contributed by atoms with Crippen molar-refractivity contribution in [3.63, 3.8) is 0 Å². The second kappa shape index (κ2) is 13.0. The van der Waals surface area contributed by atoms with Crippen molar-refractivity contribution in [2.45, 2.75) is 64.4 Å². The molecule has 0 spiro atoms. The molecule has 0 aliphatic carbocycles. The number of aldehydes is 1. The van der Waals surface area contributed by atoms with Crippen LogP contribution in [0.15, 0.2) is 30.3 Å². The van der Waals surface area contributed by atoms with Crippen LogP contribution >= 0.6 is 0 Å². The Morgan fingerprint density at radius 2 is 1.88 bits per heavy atom. The monoisotopic (exact) mass is 345 g/mol. The third kappa shape index (κ3) is 9.51. The molecule has 1 rings (SSSR count). The summed E-state index contributed by atoms with van der Waals surface area (Å²) in [5.41, 5.74) is 0.723. The summed E-state index contributed by atoms with van der Waals surface area (Å²) in [5.74, 6) is 5.94. The molecule has 5 nitrogen and oxygen atoms in total. The molecule has 0 bridgehead atoms. The predicted molar refractivity (Wildman–Crippen MR) is 97.2 cm³/mol. The summed E-state index contributed by atoms with van der Waals surface area (Å²) in [6.07, 6.45) is 7.24. The highest BCUT2D eigenvalue weighted by molar-refractivity contribution is 5.53. The van der Waals surface area contributed by atoms with E-state index < -0.39 is 11.2 Å². The molecule has 0 heterocycles. The van der Waals surface area contributed by atoms with Crippen LogP contribution in [-0.4, -0.2) is 11.4 Å². The molecule has 0 amide bonds. The first-order valence-corrected chi connectivity index (χ1v) is 8.94. The molecule has 136 valence electrons. The molecule has 0 N–H and O–H groups in total. The van der Waals surface area contributed by atoms with Crippen molar-refractivity contribution < 1.29 is 14.7 Å². The number of benzene rings is 1. The predicted octanol–water partition coefficient (Wildman–Crippen LogP) is 4.90. The van der Waals surface area contributed by atoms with Gasteiger partial charge in [0.25, 0.3) is 5.09 Å². The smallest absolute Gasteiger partial charge is 0.295 e. The van der Waals surface area contributed by atoms with Gasteiger partial charge in [0.1, 0.15) is 12.4 Å². The zero-order valence-corrected chi connectivity index (χ0v) is 14.9. The van der Waals surface area contributed by atoms with E-state index in [-0.39, 0.29) is 5.92 Å². The standard InChI is InChI=1S/C20H27NO4/c1-2-3-4-5-6-7-8-10-13-18(17-22)16-20(25-21(23)24)19-14-11-9-12-15-19/h9,11-12,14-15,17-18,20H,2,5-8,10,13,16H2,1H3/t18-,20-/m0/s1. The van der Waals surface area contributed by atoms with Crippen molar-refractivity contribution in [1.82, 2.24) is 0 Å². The van der Waals surface area contributed by atoms with Crippen molar-refractivity contribution in [3.8, 4) is 11.8 Å². The minimum absolute atomic E-state index is 0.231. The molecule has 0 fully saturated rings. The van der Waals surface area contributed by atoms with Gasteiger partial charge in [-0.05, 0) is 24.8 Å². The van der Waals surface area contributed by atoms with E-state index in [1.54, 1.807) is 12.1 Å². The van der Waals surface area contributed by atoms with E-state index >= 15 is 0 Å². The van der Waals surface area contributed by atoms with E-state index in [1.165, 1.54) is 0 Å². The highest BCUT2D eigenvalue weighted by atomic mass is 17.0. The molecule has 0 saturated carbocycles. The van der Waals surface area contributed by atoms with Gasteiger partial charge < -0.3 is 9.63 Å². The number of hydrogen-bond acceptors (Lipinski definition) is 4. The summed E-state index contributed by atoms with van der Waals surface area (Å²) in [7, 11) is 0. The summed E-state index contributed by atoms with van der Waals surface area (Å²) in [5, 5.41) is 9.96. The molecular formula is C20H27NO4. The van der Waals surface area contributed by atoms with E-state index in [9.17, 15) is 14.9 Å². The topological polar surface area (TPSA) is 69.4 Å². The summed E-state index contributed by atoms with van der Waals surface area (Å²) < 4.78 is 0. The van der Waals surface area contributed by atoms with E-state index in [4.69, 9.17) is 4.84 Å². The van der Waals surface area contributed by atoms with Crippen LogP contribution in [0.5, 0.6) is 0 Å². The lowest BCUT2D eigenvalue weighted by atomic mass is 9.93. The third-order valence-corrected chi connectivity index (χ3v) is 4.02. The fourth-order valence-corrected chi connectivity index (χ4v) is 2.71. The Bertz CT molecular complexity index is 562. The van der Waals surface area contributed by atoms with Gasteiger partial charge in [0.15, 0.2) is 0 Å². The highest BCUT2D eigenvalue weighted by Gasteiger charge is 2.21. The summed E-state index contributed by atoms with van der Waals surface area (Å²) in [4.78, 5) is 26.9. The van der Waals surface area contributed by atoms with Crippen LogP contribution in [0.25, 0.3) is 0 Å². The van der Waals surface area contributed by atoms with Gasteiger partial charge in [0.2, 0.25) is 0 Å². The lowest BCUT2D eigenvalue weighted by Crippen LogP contribution is -2.15. The number of carbonyl (C=O) groups excluding carboxylic acids is 1. The van der Waals surface area contributed by atoms with Crippen molar-refractivity contribution in [2.75, 3.05) is 0 Å². The lowest BCUT2D eigenvalue weighted by molar-refractivity contribution is -0.771. The molecule has 25 heavy (non-hydrogen) atoms. The van der Waals surface area contributed by atoms with Crippen LogP contribution in [0.1, 0.15) is 70.0 Å². The van der Waals surface area contributed by atoms with Gasteiger partial charge >= 0.3 is 0 Å². The molecule has 2 atom stereocenters. The first kappa shape index (κ1) is 20.7. The number of carbonyl (C=O) groups is 1. The van der Waals surface area contributed by atoms with Crippen LogP contribution in [0, 0.1) is 27.9 Å². The maximum atomic E-state index is 11.4. The Kier molecular flexibility index (Phi) is 10.8. The molecule has 0 aliphatic heterocycles. The molecule has 0 aromatic heterocycles. The number of unbranched alkanes of at least 4 members (excludes halogenated alkanes) is 4. The first-order chi connectivity index (χ1) is 12.2. The second-order valence-electron chi connectivity index (χ2n) is 6.02. The maximum absolute atomic E-state index is 11.4. The van der Waals surface area contributed by atoms with Crippen LogP contribution in [0.4, 0.5) is 0 Å². The molecule has 1 aromatic carbocycles. The number of nitrogens with zero attached hydrogens (tertiary/aromatic N) is 1. The van der Waals surface area contributed by atoms with Crippen molar-refractivity contribution in [2.24, 2.45) is 5.92 Å². The van der Waals surface area contributed by atoms with Gasteiger partial charge in [-0.25, -0.2) is 0 Å². The zero-order chi connectivity index (χ0) is 18.3. The van der Waals surface area contributed by atoms with Gasteiger partial charge in [-0.2, -0.15) is 0 Å². The number of hydrogen-bond donors (Lipinski definition) is 0. The average molecular weight is 345 g/mol. The highest BCUT2D eigenvalue weighted by Crippen LogP contribution is 2.27. The molecule has 0 radical (unpaired) electrons. The Labute approximate surface area is 149 Å². The van der Waals surface area contributed by atoms with Crippen LogP contribution in [0.3, 0.4) is 0 Å². The second-order valence-corrected chi connectivity index (χ2v) is 6.02. The average Bonchev–Trinajstić information content (AvgIpc) is 2.62. The van der Waals surface area contributed by atoms with Gasteiger partial charge in [-0.1, -0.05) is 56.5 Å². The first-order valence-electron chi connectivity index (χ1n) is 8.94. The largest absolute Gasteiger partial charge is 0.306 e. The van der Waals surface area contributed by atoms with E-state index in [0.29, 0.717) is 6.42 Å². The van der Waals surface area contributed by atoms with Crippen molar-refractivity contribution in [1.29, 1.82) is 0 Å². The third-order valence-electron chi connectivity index (χ3n) is 4.02. The van der Waals surface area contributed by atoms with E-state index in [1.807, 2.05) is 25.1 Å². The Balaban J connectivity index is 2.40. The Morgan fingerprint density at radius 3 is 2.52 bits per heavy atom. The quantitative estimate of drug-likeness (QED) is 0.178. The van der Waals surface area contributed by atoms with Gasteiger partial charge in [-0.3, -0.25) is 0 Å². The molecule has 0 saturated heterocycles. The molecule has 0 unspecified atom stereocenters. The van der Waals surface area contributed by atoms with Gasteiger partial charge in [0, 0.05) is 18.8 Å². The fourth-order valence-electron chi connectivity index (χ4n) is 2.71. The summed E-state index contributed by atoms with van der Waals surface area (Å²) >= 11 is 0. The van der Waals surface area contributed by atoms with E-state index in [2.05, 4.69) is 11.8 Å². The lowest BCUT2D eigenvalue weighted by Gasteiger charge is -2.19. The van der Waals surface area contributed by atoms with Crippen molar-refractivity contribution in [3.05, 3.63) is 46.0 Å². The normalized spacial score (nSPS) is 12.5. The minimum atomic E-state index is -0.781. The van der Waals surface area contributed by atoms with E-state index in [0.717, 1.165) is 56.8 Å². The summed E-state index contributed by atoms with van der Waals surface area (Å²) in [6.45, 7) is 2.04. The minimum Gasteiger partial charge on any atom is -0.306 e. The zero-order valence-electron chi connectivity index (χ0n) is 14.9. The Hall–Kier alpha value is -2.35. The van der Waals surface area contributed by atoms with Crippen LogP contribution in [-0.2, 0) is 9.63 Å². The van der Waals surface area contributed by atoms with Gasteiger partial charge in [0.05, 0.1) is 0 Å².